The van der Waals surface area contributed by atoms with E-state index in [1.807, 2.05) is 30.3 Å². The van der Waals surface area contributed by atoms with E-state index in [1.54, 1.807) is 12.1 Å². The Morgan fingerprint density at radius 1 is 0.958 bits per heavy atom. The van der Waals surface area contributed by atoms with Gasteiger partial charge in [0.05, 0.1) is 12.8 Å². The van der Waals surface area contributed by atoms with Crippen LogP contribution >= 0.6 is 0 Å². The number of hydrogen-bond acceptors (Lipinski definition) is 3. The molecule has 0 N–H and O–H groups in total. The Kier molecular flexibility index (Phi) is 7.00. The quantitative estimate of drug-likeness (QED) is 0.488. The maximum Gasteiger partial charge on any atom is 0.269 e. The fraction of sp³-hybridized carbons (Fsp3) is 0.368. The molecule has 2 aromatic carbocycles. The third kappa shape index (κ3) is 5.50. The summed E-state index contributed by atoms with van der Waals surface area (Å²) in [5, 5.41) is 10.5. The van der Waals surface area contributed by atoms with Crippen LogP contribution in [0.2, 0.25) is 0 Å². The van der Waals surface area contributed by atoms with E-state index < -0.39 is 4.92 Å². The summed E-state index contributed by atoms with van der Waals surface area (Å²) in [6, 6.07) is 16.0. The van der Waals surface area contributed by atoms with Gasteiger partial charge in [-0.15, -0.1) is 0 Å². The number of likely N-dealkylation sites (tertiary alicyclic amines) is 1. The van der Waals surface area contributed by atoms with Crippen LogP contribution in [0, 0.1) is 10.1 Å². The topological polar surface area (TPSA) is 46.4 Å². The van der Waals surface area contributed by atoms with Crippen LogP contribution in [0.3, 0.4) is 0 Å². The third-order valence-electron chi connectivity index (χ3n) is 4.20. The largest absolute Gasteiger partial charge is 0.306 e. The lowest BCUT2D eigenvalue weighted by Crippen LogP contribution is -2.24. The Morgan fingerprint density at radius 2 is 1.50 bits per heavy atom. The summed E-state index contributed by atoms with van der Waals surface area (Å²) in [5.74, 6) is -0.253. The van der Waals surface area contributed by atoms with Gasteiger partial charge in [0.25, 0.3) is 5.69 Å². The Balaban J connectivity index is 0.000000249. The molecule has 0 amide bonds. The second-order valence-corrected chi connectivity index (χ2v) is 6.10. The van der Waals surface area contributed by atoms with Crippen molar-refractivity contribution in [2.75, 3.05) is 20.1 Å². The molecule has 1 aliphatic heterocycles. The van der Waals surface area contributed by atoms with Crippen molar-refractivity contribution in [2.45, 2.75) is 25.1 Å². The van der Waals surface area contributed by atoms with Crippen molar-refractivity contribution < 1.29 is 4.92 Å². The Bertz CT molecular complexity index is 626. The molecule has 124 valence electrons. The van der Waals surface area contributed by atoms with Crippen LogP contribution < -0.4 is 0 Å². The lowest BCUT2D eigenvalue weighted by molar-refractivity contribution is -0.384. The van der Waals surface area contributed by atoms with Crippen molar-refractivity contribution in [1.29, 1.82) is 0 Å². The van der Waals surface area contributed by atoms with E-state index in [9.17, 15) is 10.1 Å². The zero-order chi connectivity index (χ0) is 17.4. The van der Waals surface area contributed by atoms with Gasteiger partial charge in [-0.3, -0.25) is 10.1 Å². The van der Waals surface area contributed by atoms with Crippen LogP contribution in [0.5, 0.6) is 0 Å². The molecule has 0 aromatic heterocycles. The summed E-state index contributed by atoms with van der Waals surface area (Å²) in [6.07, 6.45) is 4.28. The fourth-order valence-electron chi connectivity index (χ4n) is 2.71. The van der Waals surface area contributed by atoms with Gasteiger partial charge in [0, 0.05) is 12.1 Å². The van der Waals surface area contributed by atoms with Gasteiger partial charge in [0.1, 0.15) is 0 Å². The normalized spacial score (nSPS) is 15.9. The minimum atomic E-state index is -0.419. The first-order valence-electron chi connectivity index (χ1n) is 8.31. The molecule has 4 nitrogen and oxygen atoms in total. The lowest BCUT2D eigenvalue weighted by Gasteiger charge is -2.20. The van der Waals surface area contributed by atoms with E-state index in [-0.39, 0.29) is 11.5 Å². The first kappa shape index (κ1) is 18.2. The molecule has 2 radical (unpaired) electrons. The Labute approximate surface area is 145 Å². The summed E-state index contributed by atoms with van der Waals surface area (Å²) < 4.78 is 0. The molecule has 0 spiro atoms. The average molecular weight is 322 g/mol. The maximum atomic E-state index is 10.5. The van der Waals surface area contributed by atoms with E-state index >= 15 is 0 Å². The molecule has 1 unspecified atom stereocenters. The minimum absolute atomic E-state index is 0.0778. The molecule has 1 aliphatic rings. The highest BCUT2D eigenvalue weighted by molar-refractivity contribution is 6.14. The molecule has 2 aromatic rings. The monoisotopic (exact) mass is 322 g/mol. The van der Waals surface area contributed by atoms with Crippen LogP contribution in [-0.4, -0.2) is 37.8 Å². The third-order valence-corrected chi connectivity index (χ3v) is 4.20. The van der Waals surface area contributed by atoms with Gasteiger partial charge in [-0.05, 0) is 49.9 Å². The highest BCUT2D eigenvalue weighted by Crippen LogP contribution is 2.23. The molecule has 1 fully saturated rings. The summed E-state index contributed by atoms with van der Waals surface area (Å²) in [4.78, 5) is 12.5. The number of nitro benzene ring substituents is 1. The van der Waals surface area contributed by atoms with Crippen LogP contribution in [0.15, 0.2) is 54.6 Å². The molecular formula is C19H23BN2O2. The number of nitrogens with zero attached hydrogens (tertiary/aromatic N) is 2. The lowest BCUT2D eigenvalue weighted by atomic mass is 9.76. The van der Waals surface area contributed by atoms with Gasteiger partial charge in [-0.2, -0.15) is 0 Å². The molecule has 1 atom stereocenters. The van der Waals surface area contributed by atoms with Gasteiger partial charge in [-0.25, -0.2) is 0 Å². The van der Waals surface area contributed by atoms with Crippen molar-refractivity contribution in [3.05, 3.63) is 75.8 Å². The fourth-order valence-corrected chi connectivity index (χ4v) is 2.71. The van der Waals surface area contributed by atoms with Gasteiger partial charge >= 0.3 is 0 Å². The number of piperidine rings is 1. The van der Waals surface area contributed by atoms with Gasteiger partial charge < -0.3 is 4.90 Å². The molecule has 0 bridgehead atoms. The van der Waals surface area contributed by atoms with E-state index in [1.165, 1.54) is 44.5 Å². The summed E-state index contributed by atoms with van der Waals surface area (Å²) in [6.45, 7) is 2.64. The second kappa shape index (κ2) is 9.23. The second-order valence-electron chi connectivity index (χ2n) is 6.10. The minimum Gasteiger partial charge on any atom is -0.306 e. The van der Waals surface area contributed by atoms with Crippen molar-refractivity contribution in [3.8, 4) is 0 Å². The van der Waals surface area contributed by atoms with E-state index in [2.05, 4.69) is 11.9 Å². The highest BCUT2D eigenvalue weighted by Gasteiger charge is 2.10. The van der Waals surface area contributed by atoms with E-state index in [0.717, 1.165) is 11.1 Å². The summed E-state index contributed by atoms with van der Waals surface area (Å²) in [7, 11) is 8.27. The number of benzene rings is 2. The zero-order valence-corrected chi connectivity index (χ0v) is 14.1. The average Bonchev–Trinajstić information content (AvgIpc) is 2.63. The van der Waals surface area contributed by atoms with Crippen LogP contribution in [-0.2, 0) is 0 Å². The van der Waals surface area contributed by atoms with Gasteiger partial charge in [0.2, 0.25) is 0 Å². The Morgan fingerprint density at radius 3 is 1.96 bits per heavy atom. The van der Waals surface area contributed by atoms with Crippen LogP contribution in [0.1, 0.15) is 36.2 Å². The number of rotatable bonds is 3. The van der Waals surface area contributed by atoms with Gasteiger partial charge in [0.15, 0.2) is 0 Å². The zero-order valence-electron chi connectivity index (χ0n) is 14.1. The summed E-state index contributed by atoms with van der Waals surface area (Å²) >= 11 is 0. The van der Waals surface area contributed by atoms with Crippen molar-refractivity contribution in [2.24, 2.45) is 0 Å². The predicted molar refractivity (Wildman–Crippen MR) is 98.5 cm³/mol. The van der Waals surface area contributed by atoms with E-state index in [4.69, 9.17) is 7.85 Å². The molecule has 3 rings (SSSR count). The Hall–Kier alpha value is -2.14. The maximum absolute atomic E-state index is 10.5. The SMILES string of the molecule is CN1CCCCC1.[B]C(c1ccccc1)c1ccc([N+](=O)[O-])cc1. The highest BCUT2D eigenvalue weighted by atomic mass is 16.6. The molecule has 0 saturated carbocycles. The molecule has 1 saturated heterocycles. The molecule has 5 heteroatoms. The van der Waals surface area contributed by atoms with Crippen molar-refractivity contribution in [1.82, 2.24) is 4.90 Å². The van der Waals surface area contributed by atoms with Crippen LogP contribution in [0.25, 0.3) is 0 Å². The number of nitro groups is 1. The first-order valence-corrected chi connectivity index (χ1v) is 8.31. The van der Waals surface area contributed by atoms with Crippen LogP contribution in [0.4, 0.5) is 5.69 Å². The van der Waals surface area contributed by atoms with Crippen molar-refractivity contribution >= 4 is 13.5 Å². The summed E-state index contributed by atoms with van der Waals surface area (Å²) in [5.41, 5.74) is 1.93. The number of hydrogen-bond donors (Lipinski definition) is 0. The predicted octanol–water partition coefficient (Wildman–Crippen LogP) is 3.95. The van der Waals surface area contributed by atoms with Gasteiger partial charge in [-0.1, -0.05) is 48.9 Å². The standard InChI is InChI=1S/C13H10BNO2.C6H13N/c14-13(10-4-2-1-3-5-10)11-6-8-12(9-7-11)15(16)17;1-7-5-3-2-4-6-7/h1-9,13H;2-6H2,1H3. The smallest absolute Gasteiger partial charge is 0.269 e. The number of non-ortho nitro benzene ring substituents is 1. The first-order chi connectivity index (χ1) is 11.6. The molecule has 0 aliphatic carbocycles. The molecule has 1 heterocycles. The van der Waals surface area contributed by atoms with Crippen molar-refractivity contribution in [3.63, 3.8) is 0 Å². The molecule has 24 heavy (non-hydrogen) atoms. The molecular weight excluding hydrogens is 299 g/mol. The van der Waals surface area contributed by atoms with E-state index in [0.29, 0.717) is 0 Å².